The summed E-state index contributed by atoms with van der Waals surface area (Å²) in [7, 11) is 1.79. The number of hydrogen-bond acceptors (Lipinski definition) is 4. The number of piperidine rings is 2. The third kappa shape index (κ3) is 6.36. The molecule has 2 saturated heterocycles. The van der Waals surface area contributed by atoms with Crippen LogP contribution in [-0.4, -0.2) is 60.9 Å². The molecule has 1 N–H and O–H groups in total. The van der Waals surface area contributed by atoms with Gasteiger partial charge in [-0.1, -0.05) is 33.3 Å². The molecule has 170 valence electrons. The average Bonchev–Trinajstić information content (AvgIpc) is 2.79. The Kier molecular flexibility index (Phi) is 10.5. The Morgan fingerprint density at radius 3 is 2.33 bits per heavy atom. The largest absolute Gasteiger partial charge is 0.342 e. The molecule has 1 aliphatic carbocycles. The van der Waals surface area contributed by atoms with Crippen molar-refractivity contribution in [2.45, 2.75) is 71.3 Å². The summed E-state index contributed by atoms with van der Waals surface area (Å²) in [6.45, 7) is 10.8. The van der Waals surface area contributed by atoms with Gasteiger partial charge in [0.05, 0.1) is 6.54 Å². The van der Waals surface area contributed by atoms with Crippen molar-refractivity contribution < 1.29 is 9.59 Å². The van der Waals surface area contributed by atoms with Crippen LogP contribution >= 0.6 is 12.6 Å². The van der Waals surface area contributed by atoms with E-state index >= 15 is 0 Å². The Hall–Kier alpha value is -1.27. The number of likely N-dealkylation sites (N-methyl/N-ethyl adjacent to an activating group) is 1. The van der Waals surface area contributed by atoms with Crippen molar-refractivity contribution in [3.63, 3.8) is 0 Å². The zero-order valence-corrected chi connectivity index (χ0v) is 20.1. The van der Waals surface area contributed by atoms with E-state index in [9.17, 15) is 9.59 Å². The van der Waals surface area contributed by atoms with Gasteiger partial charge in [0, 0.05) is 31.2 Å². The molecule has 6 heteroatoms. The van der Waals surface area contributed by atoms with Gasteiger partial charge in [-0.2, -0.15) is 0 Å². The number of carbonyl (C=O) groups is 2. The summed E-state index contributed by atoms with van der Waals surface area (Å²) in [6, 6.07) is 0.407. The van der Waals surface area contributed by atoms with Crippen LogP contribution in [0.5, 0.6) is 0 Å². The first kappa shape index (κ1) is 25.0. The van der Waals surface area contributed by atoms with Crippen LogP contribution < -0.4 is 5.32 Å². The molecule has 3 aliphatic rings. The second-order valence-corrected chi connectivity index (χ2v) is 9.05. The van der Waals surface area contributed by atoms with E-state index in [4.69, 9.17) is 12.6 Å². The molecule has 5 nitrogen and oxygen atoms in total. The summed E-state index contributed by atoms with van der Waals surface area (Å²) in [6.07, 6.45) is 11.0. The molecule has 0 aromatic rings. The van der Waals surface area contributed by atoms with Gasteiger partial charge in [-0.3, -0.25) is 9.59 Å². The number of fused-ring (bicyclic) bond motifs is 1. The second-order valence-electron chi connectivity index (χ2n) is 8.53. The standard InChI is InChI=1S/C22H35N3O2S.C2H6/c1-16(22(27)25-11-5-7-17-6-3-4-8-19(17)25)14-20(28)18-9-12-24(13-10-18)21(26)15-23-2;1-2/h14,17-19,23,28H,1,3-13,15H2,2H3;1-2H3/b20-14-;. The lowest BCUT2D eigenvalue weighted by Crippen LogP contribution is -2.49. The number of nitrogens with zero attached hydrogens (tertiary/aromatic N) is 2. The summed E-state index contributed by atoms with van der Waals surface area (Å²) in [5.74, 6) is 1.22. The average molecular weight is 436 g/mol. The van der Waals surface area contributed by atoms with E-state index in [1.165, 1.54) is 25.7 Å². The highest BCUT2D eigenvalue weighted by atomic mass is 32.1. The fraction of sp³-hybridized carbons (Fsp3) is 0.750. The molecule has 0 radical (unpaired) electrons. The first-order chi connectivity index (χ1) is 14.5. The predicted molar refractivity (Wildman–Crippen MR) is 127 cm³/mol. The number of rotatable bonds is 5. The molecule has 0 aromatic carbocycles. The minimum Gasteiger partial charge on any atom is -0.342 e. The van der Waals surface area contributed by atoms with Crippen LogP contribution in [0.4, 0.5) is 0 Å². The van der Waals surface area contributed by atoms with E-state index in [1.807, 2.05) is 24.8 Å². The van der Waals surface area contributed by atoms with Crippen molar-refractivity contribution in [1.29, 1.82) is 0 Å². The highest BCUT2D eigenvalue weighted by molar-refractivity contribution is 7.84. The first-order valence-corrected chi connectivity index (χ1v) is 12.3. The molecule has 0 aromatic heterocycles. The summed E-state index contributed by atoms with van der Waals surface area (Å²) in [5.41, 5.74) is 0.560. The molecule has 2 aliphatic heterocycles. The van der Waals surface area contributed by atoms with Gasteiger partial charge in [0.1, 0.15) is 0 Å². The number of likely N-dealkylation sites (tertiary alicyclic amines) is 2. The van der Waals surface area contributed by atoms with Crippen LogP contribution in [0.25, 0.3) is 0 Å². The third-order valence-corrected chi connectivity index (χ3v) is 7.19. The SMILES string of the molecule is C=C(/C=C(\S)C1CCN(C(=O)CNC)CC1)C(=O)N1CCCC2CCCCC21.CC. The normalized spacial score (nSPS) is 25.1. The highest BCUT2D eigenvalue weighted by Gasteiger charge is 2.36. The highest BCUT2D eigenvalue weighted by Crippen LogP contribution is 2.36. The molecule has 3 rings (SSSR count). The topological polar surface area (TPSA) is 52.7 Å². The quantitative estimate of drug-likeness (QED) is 0.390. The summed E-state index contributed by atoms with van der Waals surface area (Å²) in [4.78, 5) is 30.0. The Labute approximate surface area is 188 Å². The zero-order chi connectivity index (χ0) is 22.1. The second kappa shape index (κ2) is 12.6. The summed E-state index contributed by atoms with van der Waals surface area (Å²) >= 11 is 4.70. The molecule has 2 unspecified atom stereocenters. The number of nitrogens with one attached hydrogen (secondary N) is 1. The van der Waals surface area contributed by atoms with E-state index < -0.39 is 0 Å². The van der Waals surface area contributed by atoms with Crippen LogP contribution in [0.3, 0.4) is 0 Å². The maximum absolute atomic E-state index is 13.1. The fourth-order valence-corrected chi connectivity index (χ4v) is 5.52. The number of thiol groups is 1. The van der Waals surface area contributed by atoms with Crippen LogP contribution in [0, 0.1) is 11.8 Å². The Balaban J connectivity index is 0.00000155. The Bertz CT molecular complexity index is 624. The van der Waals surface area contributed by atoms with Crippen LogP contribution in [0.15, 0.2) is 23.1 Å². The van der Waals surface area contributed by atoms with Crippen LogP contribution in [-0.2, 0) is 9.59 Å². The number of amides is 2. The van der Waals surface area contributed by atoms with Gasteiger partial charge in [-0.15, -0.1) is 12.6 Å². The molecule has 0 spiro atoms. The van der Waals surface area contributed by atoms with E-state index in [1.54, 1.807) is 7.05 Å². The van der Waals surface area contributed by atoms with E-state index in [2.05, 4.69) is 16.8 Å². The molecular formula is C24H41N3O2S. The Morgan fingerprint density at radius 2 is 1.67 bits per heavy atom. The van der Waals surface area contributed by atoms with Crippen molar-refractivity contribution in [3.05, 3.63) is 23.1 Å². The third-order valence-electron chi connectivity index (χ3n) is 6.69. The molecular weight excluding hydrogens is 394 g/mol. The van der Waals surface area contributed by atoms with Crippen molar-refractivity contribution in [1.82, 2.24) is 15.1 Å². The van der Waals surface area contributed by atoms with Crippen LogP contribution in [0.2, 0.25) is 0 Å². The van der Waals surface area contributed by atoms with Gasteiger partial charge in [-0.05, 0) is 68.4 Å². The summed E-state index contributed by atoms with van der Waals surface area (Å²) < 4.78 is 0. The lowest BCUT2D eigenvalue weighted by atomic mass is 9.78. The predicted octanol–water partition coefficient (Wildman–Crippen LogP) is 4.02. The molecule has 1 saturated carbocycles. The zero-order valence-electron chi connectivity index (χ0n) is 19.2. The minimum atomic E-state index is 0.0878. The molecule has 30 heavy (non-hydrogen) atoms. The lowest BCUT2D eigenvalue weighted by Gasteiger charge is -2.44. The van der Waals surface area contributed by atoms with E-state index in [0.29, 0.717) is 30.0 Å². The van der Waals surface area contributed by atoms with Crippen molar-refractivity contribution in [2.75, 3.05) is 33.2 Å². The van der Waals surface area contributed by atoms with Gasteiger partial charge in [0.2, 0.25) is 5.91 Å². The van der Waals surface area contributed by atoms with Crippen molar-refractivity contribution in [2.24, 2.45) is 11.8 Å². The van der Waals surface area contributed by atoms with Crippen LogP contribution in [0.1, 0.15) is 65.2 Å². The lowest BCUT2D eigenvalue weighted by molar-refractivity contribution is -0.133. The molecule has 0 bridgehead atoms. The number of carbonyl (C=O) groups excluding carboxylic acids is 2. The molecule has 2 amide bonds. The summed E-state index contributed by atoms with van der Waals surface area (Å²) in [5, 5.41) is 2.92. The van der Waals surface area contributed by atoms with Gasteiger partial charge >= 0.3 is 0 Å². The minimum absolute atomic E-state index is 0.0878. The van der Waals surface area contributed by atoms with Gasteiger partial charge in [0.15, 0.2) is 0 Å². The molecule has 2 heterocycles. The monoisotopic (exact) mass is 435 g/mol. The number of allylic oxidation sites excluding steroid dienone is 1. The molecule has 3 fully saturated rings. The maximum Gasteiger partial charge on any atom is 0.253 e. The van der Waals surface area contributed by atoms with Gasteiger partial charge < -0.3 is 15.1 Å². The first-order valence-electron chi connectivity index (χ1n) is 11.8. The van der Waals surface area contributed by atoms with E-state index in [0.717, 1.165) is 50.2 Å². The van der Waals surface area contributed by atoms with Crippen molar-refractivity contribution in [3.8, 4) is 0 Å². The maximum atomic E-state index is 13.1. The van der Waals surface area contributed by atoms with E-state index in [-0.39, 0.29) is 11.8 Å². The number of hydrogen-bond donors (Lipinski definition) is 2. The Morgan fingerprint density at radius 1 is 1.03 bits per heavy atom. The van der Waals surface area contributed by atoms with Gasteiger partial charge in [-0.25, -0.2) is 0 Å². The van der Waals surface area contributed by atoms with Crippen molar-refractivity contribution >= 4 is 24.4 Å². The smallest absolute Gasteiger partial charge is 0.253 e. The molecule has 2 atom stereocenters. The fourth-order valence-electron chi connectivity index (χ4n) is 5.11. The van der Waals surface area contributed by atoms with Gasteiger partial charge in [0.25, 0.3) is 5.91 Å².